The maximum Gasteiger partial charge on any atom is 0.163 e. The van der Waals surface area contributed by atoms with Crippen molar-refractivity contribution in [3.05, 3.63) is 23.8 Å². The predicted molar refractivity (Wildman–Crippen MR) is 74.6 cm³/mol. The number of aromatic hydroxyl groups is 1. The van der Waals surface area contributed by atoms with E-state index in [0.717, 1.165) is 25.2 Å². The highest BCUT2D eigenvalue weighted by atomic mass is 16.3. The van der Waals surface area contributed by atoms with Crippen molar-refractivity contribution >= 4 is 11.5 Å². The Morgan fingerprint density at radius 1 is 1.22 bits per heavy atom. The summed E-state index contributed by atoms with van der Waals surface area (Å²) in [5.41, 5.74) is 1.30. The van der Waals surface area contributed by atoms with Crippen molar-refractivity contribution in [3.8, 4) is 5.75 Å². The molecule has 0 amide bonds. The molecule has 100 valence electrons. The average molecular weight is 250 g/mol. The molecule has 0 atom stereocenters. The Kier molecular flexibility index (Phi) is 5.16. The van der Waals surface area contributed by atoms with Crippen molar-refractivity contribution in [2.45, 2.75) is 13.3 Å². The zero-order valence-corrected chi connectivity index (χ0v) is 11.6. The molecule has 0 aromatic heterocycles. The first-order valence-corrected chi connectivity index (χ1v) is 6.11. The maximum atomic E-state index is 11.2. The molecule has 0 fully saturated rings. The number of Topliss-reactive ketones (excluding diaryl/α,β-unsaturated/α-hetero) is 1. The number of phenolic OH excluding ortho intramolecular Hbond substituents is 1. The number of carbonyl (C=O) groups excluding carboxylic acids is 1. The van der Waals surface area contributed by atoms with Crippen molar-refractivity contribution in [2.75, 3.05) is 39.1 Å². The fourth-order valence-corrected chi connectivity index (χ4v) is 1.81. The summed E-state index contributed by atoms with van der Waals surface area (Å²) in [7, 11) is 6.08. The van der Waals surface area contributed by atoms with Crippen LogP contribution in [0.4, 0.5) is 5.69 Å². The van der Waals surface area contributed by atoms with Gasteiger partial charge in [-0.05, 0) is 46.1 Å². The van der Waals surface area contributed by atoms with Gasteiger partial charge >= 0.3 is 0 Å². The first kappa shape index (κ1) is 14.5. The SMILES string of the molecule is CC(=O)c1ccc(N(C)CCCN(C)C)cc1O. The zero-order chi connectivity index (χ0) is 13.7. The van der Waals surface area contributed by atoms with Crippen LogP contribution >= 0.6 is 0 Å². The summed E-state index contributed by atoms with van der Waals surface area (Å²) in [5.74, 6) is -0.0613. The lowest BCUT2D eigenvalue weighted by Gasteiger charge is -2.21. The number of benzene rings is 1. The lowest BCUT2D eigenvalue weighted by Crippen LogP contribution is -2.23. The number of hydrogen-bond donors (Lipinski definition) is 1. The lowest BCUT2D eigenvalue weighted by atomic mass is 10.1. The van der Waals surface area contributed by atoms with E-state index >= 15 is 0 Å². The molecule has 0 unspecified atom stereocenters. The Bertz CT molecular complexity index is 416. The molecular weight excluding hydrogens is 228 g/mol. The summed E-state index contributed by atoms with van der Waals surface area (Å²) in [6.45, 7) is 3.40. The minimum Gasteiger partial charge on any atom is -0.507 e. The molecular formula is C14H22N2O2. The first-order chi connectivity index (χ1) is 8.41. The van der Waals surface area contributed by atoms with E-state index in [-0.39, 0.29) is 11.5 Å². The molecule has 4 nitrogen and oxygen atoms in total. The van der Waals surface area contributed by atoms with Gasteiger partial charge < -0.3 is 14.9 Å². The average Bonchev–Trinajstić information content (AvgIpc) is 2.27. The Morgan fingerprint density at radius 3 is 2.39 bits per heavy atom. The van der Waals surface area contributed by atoms with Gasteiger partial charge in [0.05, 0.1) is 5.56 Å². The third-order valence-corrected chi connectivity index (χ3v) is 2.90. The van der Waals surface area contributed by atoms with Crippen LogP contribution in [0.2, 0.25) is 0 Å². The molecule has 0 bridgehead atoms. The predicted octanol–water partition coefficient (Wildman–Crippen LogP) is 1.98. The Morgan fingerprint density at radius 2 is 1.89 bits per heavy atom. The van der Waals surface area contributed by atoms with Gasteiger partial charge in [0.25, 0.3) is 0 Å². The highest BCUT2D eigenvalue weighted by molar-refractivity contribution is 5.97. The van der Waals surface area contributed by atoms with Crippen LogP contribution in [0.25, 0.3) is 0 Å². The molecule has 1 N–H and O–H groups in total. The minimum atomic E-state index is -0.116. The standard InChI is InChI=1S/C14H22N2O2/c1-11(17)13-7-6-12(10-14(13)18)16(4)9-5-8-15(2)3/h6-7,10,18H,5,8-9H2,1-4H3. The van der Waals surface area contributed by atoms with E-state index < -0.39 is 0 Å². The maximum absolute atomic E-state index is 11.2. The second-order valence-corrected chi connectivity index (χ2v) is 4.84. The molecule has 0 aliphatic heterocycles. The zero-order valence-electron chi connectivity index (χ0n) is 11.6. The van der Waals surface area contributed by atoms with E-state index in [0.29, 0.717) is 5.56 Å². The van der Waals surface area contributed by atoms with Crippen LogP contribution in [0.15, 0.2) is 18.2 Å². The van der Waals surface area contributed by atoms with Crippen LogP contribution in [-0.2, 0) is 0 Å². The molecule has 18 heavy (non-hydrogen) atoms. The molecule has 0 saturated heterocycles. The van der Waals surface area contributed by atoms with Crippen LogP contribution in [0.1, 0.15) is 23.7 Å². The number of rotatable bonds is 6. The summed E-state index contributed by atoms with van der Waals surface area (Å²) in [4.78, 5) is 15.4. The summed E-state index contributed by atoms with van der Waals surface area (Å²) in [6, 6.07) is 5.19. The second kappa shape index (κ2) is 6.40. The van der Waals surface area contributed by atoms with Gasteiger partial charge in [0.1, 0.15) is 5.75 Å². The fraction of sp³-hybridized carbons (Fsp3) is 0.500. The van der Waals surface area contributed by atoms with Crippen LogP contribution in [0, 0.1) is 0 Å². The van der Waals surface area contributed by atoms with Crippen LogP contribution < -0.4 is 4.90 Å². The molecule has 0 aliphatic rings. The Hall–Kier alpha value is -1.55. The first-order valence-electron chi connectivity index (χ1n) is 6.11. The van der Waals surface area contributed by atoms with Crippen LogP contribution in [-0.4, -0.2) is 50.0 Å². The topological polar surface area (TPSA) is 43.8 Å². The van der Waals surface area contributed by atoms with Crippen molar-refractivity contribution in [1.82, 2.24) is 4.90 Å². The number of phenols is 1. The molecule has 1 rings (SSSR count). The molecule has 0 aliphatic carbocycles. The van der Waals surface area contributed by atoms with Gasteiger partial charge in [0.2, 0.25) is 0 Å². The summed E-state index contributed by atoms with van der Waals surface area (Å²) in [5, 5.41) is 9.77. The lowest BCUT2D eigenvalue weighted by molar-refractivity contribution is 0.101. The van der Waals surface area contributed by atoms with Gasteiger partial charge in [0.15, 0.2) is 5.78 Å². The van der Waals surface area contributed by atoms with E-state index in [4.69, 9.17) is 0 Å². The van der Waals surface area contributed by atoms with Crippen LogP contribution in [0.3, 0.4) is 0 Å². The monoisotopic (exact) mass is 250 g/mol. The fourth-order valence-electron chi connectivity index (χ4n) is 1.81. The van der Waals surface area contributed by atoms with Crippen molar-refractivity contribution in [1.29, 1.82) is 0 Å². The second-order valence-electron chi connectivity index (χ2n) is 4.84. The quantitative estimate of drug-likeness (QED) is 0.784. The Balaban J connectivity index is 2.66. The number of carbonyl (C=O) groups is 1. The summed E-state index contributed by atoms with van der Waals surface area (Å²) >= 11 is 0. The normalized spacial score (nSPS) is 10.7. The third kappa shape index (κ3) is 4.04. The van der Waals surface area contributed by atoms with Crippen LogP contribution in [0.5, 0.6) is 5.75 Å². The van der Waals surface area contributed by atoms with Crippen molar-refractivity contribution in [3.63, 3.8) is 0 Å². The molecule has 0 spiro atoms. The van der Waals surface area contributed by atoms with E-state index in [1.165, 1.54) is 6.92 Å². The van der Waals surface area contributed by atoms with E-state index in [9.17, 15) is 9.90 Å². The van der Waals surface area contributed by atoms with Gasteiger partial charge in [-0.3, -0.25) is 4.79 Å². The summed E-state index contributed by atoms with van der Waals surface area (Å²) in [6.07, 6.45) is 1.05. The van der Waals surface area contributed by atoms with E-state index in [1.807, 2.05) is 27.2 Å². The molecule has 1 aromatic carbocycles. The molecule has 0 saturated carbocycles. The van der Waals surface area contributed by atoms with Gasteiger partial charge in [0, 0.05) is 25.3 Å². The highest BCUT2D eigenvalue weighted by Crippen LogP contribution is 2.24. The van der Waals surface area contributed by atoms with E-state index in [2.05, 4.69) is 9.80 Å². The number of hydrogen-bond acceptors (Lipinski definition) is 4. The van der Waals surface area contributed by atoms with Crippen molar-refractivity contribution in [2.24, 2.45) is 0 Å². The smallest absolute Gasteiger partial charge is 0.163 e. The molecule has 1 aromatic rings. The summed E-state index contributed by atoms with van der Waals surface area (Å²) < 4.78 is 0. The van der Waals surface area contributed by atoms with Gasteiger partial charge in [-0.25, -0.2) is 0 Å². The largest absolute Gasteiger partial charge is 0.507 e. The van der Waals surface area contributed by atoms with Gasteiger partial charge in [-0.1, -0.05) is 0 Å². The minimum absolute atomic E-state index is 0.0551. The van der Waals surface area contributed by atoms with Gasteiger partial charge in [-0.15, -0.1) is 0 Å². The highest BCUT2D eigenvalue weighted by Gasteiger charge is 2.09. The molecule has 0 radical (unpaired) electrons. The molecule has 0 heterocycles. The van der Waals surface area contributed by atoms with Gasteiger partial charge in [-0.2, -0.15) is 0 Å². The molecule has 4 heteroatoms. The third-order valence-electron chi connectivity index (χ3n) is 2.90. The van der Waals surface area contributed by atoms with Crippen molar-refractivity contribution < 1.29 is 9.90 Å². The Labute approximate surface area is 109 Å². The number of anilines is 1. The number of ketones is 1. The number of nitrogens with zero attached hydrogens (tertiary/aromatic N) is 2. The van der Waals surface area contributed by atoms with E-state index in [1.54, 1.807) is 12.1 Å².